The second-order valence-corrected chi connectivity index (χ2v) is 8.82. The largest absolute Gasteiger partial charge is 0.508 e. The summed E-state index contributed by atoms with van der Waals surface area (Å²) in [7, 11) is -3.70. The molecule has 0 amide bonds. The molecule has 0 unspecified atom stereocenters. The van der Waals surface area contributed by atoms with Crippen LogP contribution in [0.5, 0.6) is 0 Å². The minimum absolute atomic E-state index is 0.0662. The molecule has 0 heterocycles. The van der Waals surface area contributed by atoms with Gasteiger partial charge in [-0.15, -0.1) is 0 Å². The molecule has 0 saturated heterocycles. The third-order valence-corrected chi connectivity index (χ3v) is 6.52. The Morgan fingerprint density at radius 2 is 1.59 bits per heavy atom. The minimum atomic E-state index is -3.70. The molecule has 0 fully saturated rings. The summed E-state index contributed by atoms with van der Waals surface area (Å²) in [6, 6.07) is 19.0. The van der Waals surface area contributed by atoms with E-state index in [1.54, 1.807) is 12.1 Å². The van der Waals surface area contributed by atoms with Gasteiger partial charge in [-0.25, -0.2) is 8.42 Å². The maximum atomic E-state index is 12.9. The molecule has 0 aliphatic rings. The molecule has 3 aromatic rings. The predicted octanol–water partition coefficient (Wildman–Crippen LogP) is 6.16. The second kappa shape index (κ2) is 7.77. The van der Waals surface area contributed by atoms with E-state index >= 15 is 0 Å². The van der Waals surface area contributed by atoms with Crippen molar-refractivity contribution >= 4 is 38.8 Å². The van der Waals surface area contributed by atoms with Gasteiger partial charge in [0, 0.05) is 5.56 Å². The summed E-state index contributed by atoms with van der Waals surface area (Å²) in [5.41, 5.74) is 2.63. The van der Waals surface area contributed by atoms with Crippen LogP contribution in [-0.2, 0) is 15.6 Å². The van der Waals surface area contributed by atoms with Crippen molar-refractivity contribution in [2.45, 2.75) is 10.6 Å². The molecule has 0 radical (unpaired) electrons. The number of sulfone groups is 1. The SMILES string of the molecule is C=C(O)c1ccc(-c2ccccc2)cc1CS(=O)(=O)c1ccc(Cl)c(Cl)c1. The van der Waals surface area contributed by atoms with Crippen molar-refractivity contribution in [3.8, 4) is 11.1 Å². The Bertz CT molecular complexity index is 1110. The summed E-state index contributed by atoms with van der Waals surface area (Å²) in [5, 5.41) is 10.3. The highest BCUT2D eigenvalue weighted by molar-refractivity contribution is 7.90. The van der Waals surface area contributed by atoms with Gasteiger partial charge in [0.05, 0.1) is 20.7 Å². The summed E-state index contributed by atoms with van der Waals surface area (Å²) in [6.45, 7) is 3.54. The number of aliphatic hydroxyl groups excluding tert-OH is 1. The zero-order chi connectivity index (χ0) is 19.6. The molecule has 3 rings (SSSR count). The van der Waals surface area contributed by atoms with Crippen LogP contribution >= 0.6 is 23.2 Å². The van der Waals surface area contributed by atoms with Crippen molar-refractivity contribution in [3.05, 3.63) is 94.5 Å². The Balaban J connectivity index is 2.06. The number of halogens is 2. The molecule has 0 aromatic heterocycles. The third kappa shape index (κ3) is 4.35. The first-order valence-electron chi connectivity index (χ1n) is 8.02. The summed E-state index contributed by atoms with van der Waals surface area (Å²) in [4.78, 5) is 0.0662. The average Bonchev–Trinajstić information content (AvgIpc) is 2.64. The lowest BCUT2D eigenvalue weighted by atomic mass is 9.99. The van der Waals surface area contributed by atoms with Gasteiger partial charge in [-0.1, -0.05) is 72.2 Å². The van der Waals surface area contributed by atoms with Gasteiger partial charge in [0.2, 0.25) is 0 Å². The normalized spacial score (nSPS) is 11.3. The predicted molar refractivity (Wildman–Crippen MR) is 111 cm³/mol. The highest BCUT2D eigenvalue weighted by Gasteiger charge is 2.20. The van der Waals surface area contributed by atoms with Crippen molar-refractivity contribution in [3.63, 3.8) is 0 Å². The Kier molecular flexibility index (Phi) is 5.61. The Morgan fingerprint density at radius 1 is 0.889 bits per heavy atom. The van der Waals surface area contributed by atoms with E-state index in [0.29, 0.717) is 11.1 Å². The zero-order valence-corrected chi connectivity index (χ0v) is 16.5. The fourth-order valence-electron chi connectivity index (χ4n) is 2.76. The van der Waals surface area contributed by atoms with Crippen molar-refractivity contribution < 1.29 is 13.5 Å². The standard InChI is InChI=1S/C21H16Cl2O3S/c1-14(24)19-9-7-16(15-5-3-2-4-6-15)11-17(19)13-27(25,26)18-8-10-20(22)21(23)12-18/h2-12,24H,1,13H2. The van der Waals surface area contributed by atoms with Crippen LogP contribution in [0.4, 0.5) is 0 Å². The van der Waals surface area contributed by atoms with E-state index in [0.717, 1.165) is 11.1 Å². The Hall–Kier alpha value is -2.27. The number of rotatable bonds is 5. The van der Waals surface area contributed by atoms with Gasteiger partial charge in [0.25, 0.3) is 0 Å². The number of hydrogen-bond donors (Lipinski definition) is 1. The monoisotopic (exact) mass is 418 g/mol. The highest BCUT2D eigenvalue weighted by Crippen LogP contribution is 2.30. The molecule has 3 aromatic carbocycles. The molecular formula is C21H16Cl2O3S. The lowest BCUT2D eigenvalue weighted by molar-refractivity contribution is 0.513. The van der Waals surface area contributed by atoms with Gasteiger partial charge in [0.15, 0.2) is 9.84 Å². The molecule has 0 atom stereocenters. The second-order valence-electron chi connectivity index (χ2n) is 6.02. The molecule has 0 aliphatic heterocycles. The molecular weight excluding hydrogens is 403 g/mol. The van der Waals surface area contributed by atoms with Crippen LogP contribution in [0.25, 0.3) is 16.9 Å². The first-order chi connectivity index (χ1) is 12.8. The molecule has 1 N–H and O–H groups in total. The quantitative estimate of drug-likeness (QED) is 0.504. The summed E-state index contributed by atoms with van der Waals surface area (Å²) >= 11 is 11.8. The van der Waals surface area contributed by atoms with Crippen molar-refractivity contribution in [1.29, 1.82) is 0 Å². The van der Waals surface area contributed by atoms with Gasteiger partial charge < -0.3 is 5.11 Å². The number of hydrogen-bond acceptors (Lipinski definition) is 3. The topological polar surface area (TPSA) is 54.4 Å². The van der Waals surface area contributed by atoms with E-state index in [2.05, 4.69) is 6.58 Å². The van der Waals surface area contributed by atoms with E-state index in [-0.39, 0.29) is 26.5 Å². The molecule has 0 aliphatic carbocycles. The molecule has 0 saturated carbocycles. The molecule has 0 bridgehead atoms. The Morgan fingerprint density at radius 3 is 2.22 bits per heavy atom. The van der Waals surface area contributed by atoms with E-state index in [4.69, 9.17) is 23.2 Å². The molecule has 27 heavy (non-hydrogen) atoms. The summed E-state index contributed by atoms with van der Waals surface area (Å²) in [6.07, 6.45) is 0. The fraction of sp³-hybridized carbons (Fsp3) is 0.0476. The lowest BCUT2D eigenvalue weighted by Gasteiger charge is -2.12. The Labute approximate surface area is 168 Å². The smallest absolute Gasteiger partial charge is 0.182 e. The molecule has 6 heteroatoms. The molecule has 0 spiro atoms. The molecule has 138 valence electrons. The van der Waals surface area contributed by atoms with Crippen LogP contribution < -0.4 is 0 Å². The van der Waals surface area contributed by atoms with Gasteiger partial charge >= 0.3 is 0 Å². The third-order valence-electron chi connectivity index (χ3n) is 4.12. The van der Waals surface area contributed by atoms with Crippen molar-refractivity contribution in [2.75, 3.05) is 0 Å². The van der Waals surface area contributed by atoms with Crippen LogP contribution in [0.15, 0.2) is 78.2 Å². The minimum Gasteiger partial charge on any atom is -0.508 e. The maximum Gasteiger partial charge on any atom is 0.182 e. The van der Waals surface area contributed by atoms with Gasteiger partial charge in [-0.05, 0) is 41.0 Å². The first kappa shape index (κ1) is 19.5. The van der Waals surface area contributed by atoms with E-state index in [9.17, 15) is 13.5 Å². The first-order valence-corrected chi connectivity index (χ1v) is 10.4. The van der Waals surface area contributed by atoms with Gasteiger partial charge in [-0.2, -0.15) is 0 Å². The van der Waals surface area contributed by atoms with Crippen molar-refractivity contribution in [1.82, 2.24) is 0 Å². The van der Waals surface area contributed by atoms with Crippen LogP contribution in [0, 0.1) is 0 Å². The average molecular weight is 419 g/mol. The summed E-state index contributed by atoms with van der Waals surface area (Å²) in [5.74, 6) is -0.491. The maximum absolute atomic E-state index is 12.9. The van der Waals surface area contributed by atoms with E-state index in [1.807, 2.05) is 36.4 Å². The highest BCUT2D eigenvalue weighted by atomic mass is 35.5. The van der Waals surface area contributed by atoms with E-state index in [1.165, 1.54) is 18.2 Å². The van der Waals surface area contributed by atoms with Crippen molar-refractivity contribution in [2.24, 2.45) is 0 Å². The van der Waals surface area contributed by atoms with Gasteiger partial charge in [0.1, 0.15) is 5.76 Å². The van der Waals surface area contributed by atoms with Crippen LogP contribution in [0.3, 0.4) is 0 Å². The van der Waals surface area contributed by atoms with Crippen LogP contribution in [-0.4, -0.2) is 13.5 Å². The molecule has 3 nitrogen and oxygen atoms in total. The van der Waals surface area contributed by atoms with Gasteiger partial charge in [-0.3, -0.25) is 0 Å². The number of benzene rings is 3. The zero-order valence-electron chi connectivity index (χ0n) is 14.2. The van der Waals surface area contributed by atoms with Crippen LogP contribution in [0.1, 0.15) is 11.1 Å². The van der Waals surface area contributed by atoms with E-state index < -0.39 is 9.84 Å². The fourth-order valence-corrected chi connectivity index (χ4v) is 4.51. The van der Waals surface area contributed by atoms with Crippen LogP contribution in [0.2, 0.25) is 10.0 Å². The summed E-state index contributed by atoms with van der Waals surface area (Å²) < 4.78 is 25.7. The number of aliphatic hydroxyl groups is 1. The lowest BCUT2D eigenvalue weighted by Crippen LogP contribution is -2.07.